The van der Waals surface area contributed by atoms with E-state index in [1.54, 1.807) is 25.6 Å². The molecule has 6 nitrogen and oxygen atoms in total. The largest absolute Gasteiger partial charge is 0.488 e. The molecule has 0 bridgehead atoms. The SMILES string of the molecule is CCOC=O.CCc1ccccc1OCc1cc(Br)c2occc2c1OCc1ccncc1. The van der Waals surface area contributed by atoms with E-state index in [1.807, 2.05) is 42.5 Å². The highest BCUT2D eigenvalue weighted by molar-refractivity contribution is 9.10. The maximum atomic E-state index is 9.18. The molecule has 0 aliphatic rings. The molecule has 0 aliphatic heterocycles. The molecule has 0 aliphatic carbocycles. The maximum absolute atomic E-state index is 9.18. The van der Waals surface area contributed by atoms with Gasteiger partial charge in [0.1, 0.15) is 24.7 Å². The van der Waals surface area contributed by atoms with Crippen LogP contribution in [0.5, 0.6) is 11.5 Å². The fraction of sp³-hybridized carbons (Fsp3) is 0.231. The van der Waals surface area contributed by atoms with E-state index >= 15 is 0 Å². The first-order chi connectivity index (χ1) is 16.2. The number of para-hydroxylation sites is 1. The summed E-state index contributed by atoms with van der Waals surface area (Å²) in [4.78, 5) is 13.2. The van der Waals surface area contributed by atoms with Crippen LogP contribution in [-0.2, 0) is 29.2 Å². The van der Waals surface area contributed by atoms with Crippen molar-refractivity contribution in [1.82, 2.24) is 4.98 Å². The van der Waals surface area contributed by atoms with Crippen LogP contribution < -0.4 is 9.47 Å². The van der Waals surface area contributed by atoms with E-state index in [2.05, 4.69) is 38.6 Å². The van der Waals surface area contributed by atoms with Crippen molar-refractivity contribution in [3.8, 4) is 11.5 Å². The molecule has 0 fully saturated rings. The van der Waals surface area contributed by atoms with E-state index in [4.69, 9.17) is 13.9 Å². The Morgan fingerprint density at radius 3 is 2.48 bits per heavy atom. The van der Waals surface area contributed by atoms with Crippen LogP contribution in [0.25, 0.3) is 11.0 Å². The first-order valence-corrected chi connectivity index (χ1v) is 11.4. The highest BCUT2D eigenvalue weighted by atomic mass is 79.9. The van der Waals surface area contributed by atoms with Gasteiger partial charge in [0.05, 0.1) is 22.7 Å². The molecule has 33 heavy (non-hydrogen) atoms. The van der Waals surface area contributed by atoms with Gasteiger partial charge in [0.15, 0.2) is 5.58 Å². The molecule has 0 spiro atoms. The zero-order valence-corrected chi connectivity index (χ0v) is 20.2. The van der Waals surface area contributed by atoms with Crippen molar-refractivity contribution in [2.45, 2.75) is 33.5 Å². The normalized spacial score (nSPS) is 10.3. The average molecular weight is 512 g/mol. The Bertz CT molecular complexity index is 1160. The van der Waals surface area contributed by atoms with Crippen LogP contribution in [0.2, 0.25) is 0 Å². The van der Waals surface area contributed by atoms with Crippen molar-refractivity contribution in [2.75, 3.05) is 6.61 Å². The van der Waals surface area contributed by atoms with Gasteiger partial charge in [-0.3, -0.25) is 9.78 Å². The van der Waals surface area contributed by atoms with Crippen LogP contribution in [0.15, 0.2) is 76.1 Å². The summed E-state index contributed by atoms with van der Waals surface area (Å²) in [7, 11) is 0. The van der Waals surface area contributed by atoms with Crippen molar-refractivity contribution in [3.05, 3.63) is 88.4 Å². The van der Waals surface area contributed by atoms with Crippen LogP contribution in [0.4, 0.5) is 0 Å². The average Bonchev–Trinajstić information content (AvgIpc) is 3.35. The molecule has 0 N–H and O–H groups in total. The molecule has 7 heteroatoms. The van der Waals surface area contributed by atoms with Crippen LogP contribution in [0.1, 0.15) is 30.5 Å². The Morgan fingerprint density at radius 1 is 1.00 bits per heavy atom. The van der Waals surface area contributed by atoms with E-state index in [-0.39, 0.29) is 0 Å². The van der Waals surface area contributed by atoms with Gasteiger partial charge in [0.25, 0.3) is 6.47 Å². The minimum atomic E-state index is 0.405. The number of ether oxygens (including phenoxy) is 3. The number of fused-ring (bicyclic) bond motifs is 1. The smallest absolute Gasteiger partial charge is 0.293 e. The quantitative estimate of drug-likeness (QED) is 0.239. The van der Waals surface area contributed by atoms with E-state index < -0.39 is 0 Å². The molecule has 172 valence electrons. The van der Waals surface area contributed by atoms with Gasteiger partial charge in [-0.25, -0.2) is 0 Å². The molecule has 2 aromatic heterocycles. The first-order valence-electron chi connectivity index (χ1n) is 10.6. The minimum absolute atomic E-state index is 0.405. The molecule has 0 radical (unpaired) electrons. The summed E-state index contributed by atoms with van der Waals surface area (Å²) >= 11 is 3.60. The number of benzene rings is 2. The molecule has 4 aromatic rings. The molecule has 0 saturated heterocycles. The Kier molecular flexibility index (Phi) is 9.32. The van der Waals surface area contributed by atoms with Gasteiger partial charge in [-0.05, 0) is 70.7 Å². The number of carbonyl (C=O) groups excluding carboxylic acids is 1. The number of rotatable bonds is 9. The highest BCUT2D eigenvalue weighted by Crippen LogP contribution is 2.37. The van der Waals surface area contributed by atoms with E-state index in [1.165, 1.54) is 5.56 Å². The maximum Gasteiger partial charge on any atom is 0.293 e. The lowest BCUT2D eigenvalue weighted by Crippen LogP contribution is -2.03. The number of carbonyl (C=O) groups is 1. The van der Waals surface area contributed by atoms with Crippen LogP contribution >= 0.6 is 15.9 Å². The number of hydrogen-bond donors (Lipinski definition) is 0. The lowest BCUT2D eigenvalue weighted by Gasteiger charge is -2.15. The Labute approximate surface area is 201 Å². The summed E-state index contributed by atoms with van der Waals surface area (Å²) in [5.41, 5.74) is 3.96. The standard InChI is InChI=1S/C23H20BrNO3.C3H6O2/c1-2-17-5-3-4-6-21(17)27-15-18-13-20(24)23-19(9-12-26-23)22(18)28-14-16-7-10-25-11-8-16;1-2-5-3-4/h3-13H,2,14-15H2,1H3;3H,2H2,1H3. The monoisotopic (exact) mass is 511 g/mol. The summed E-state index contributed by atoms with van der Waals surface area (Å²) in [6.07, 6.45) is 6.12. The molecule has 0 amide bonds. The van der Waals surface area contributed by atoms with Crippen molar-refractivity contribution in [3.63, 3.8) is 0 Å². The molecule has 2 heterocycles. The molecule has 0 unspecified atom stereocenters. The summed E-state index contributed by atoms with van der Waals surface area (Å²) in [5.74, 6) is 1.67. The summed E-state index contributed by atoms with van der Waals surface area (Å²) < 4.78 is 23.0. The fourth-order valence-electron chi connectivity index (χ4n) is 3.20. The minimum Gasteiger partial charge on any atom is -0.488 e. The third kappa shape index (κ3) is 6.58. The Balaban J connectivity index is 0.000000555. The molecule has 2 aromatic carbocycles. The van der Waals surface area contributed by atoms with E-state index in [9.17, 15) is 4.79 Å². The number of hydrogen-bond acceptors (Lipinski definition) is 6. The van der Waals surface area contributed by atoms with E-state index in [0.29, 0.717) is 26.3 Å². The van der Waals surface area contributed by atoms with Gasteiger partial charge in [-0.2, -0.15) is 0 Å². The third-order valence-corrected chi connectivity index (χ3v) is 5.41. The van der Waals surface area contributed by atoms with Crippen molar-refractivity contribution in [2.24, 2.45) is 0 Å². The summed E-state index contributed by atoms with van der Waals surface area (Å²) in [6.45, 7) is 5.64. The number of pyridine rings is 1. The molecule has 4 rings (SSSR count). The van der Waals surface area contributed by atoms with Crippen molar-refractivity contribution < 1.29 is 23.4 Å². The van der Waals surface area contributed by atoms with Gasteiger partial charge in [0.2, 0.25) is 0 Å². The van der Waals surface area contributed by atoms with E-state index in [0.717, 1.165) is 44.5 Å². The molecule has 0 saturated carbocycles. The van der Waals surface area contributed by atoms with Crippen LogP contribution in [-0.4, -0.2) is 18.1 Å². The lowest BCUT2D eigenvalue weighted by molar-refractivity contribution is -0.128. The lowest BCUT2D eigenvalue weighted by atomic mass is 10.1. The van der Waals surface area contributed by atoms with Gasteiger partial charge >= 0.3 is 0 Å². The van der Waals surface area contributed by atoms with Crippen LogP contribution in [0, 0.1) is 0 Å². The molecule has 0 atom stereocenters. The Hall–Kier alpha value is -3.32. The number of nitrogens with zero attached hydrogens (tertiary/aromatic N) is 1. The summed E-state index contributed by atoms with van der Waals surface area (Å²) in [6, 6.07) is 15.9. The van der Waals surface area contributed by atoms with Crippen molar-refractivity contribution >= 4 is 33.4 Å². The number of aromatic nitrogens is 1. The van der Waals surface area contributed by atoms with Crippen LogP contribution in [0.3, 0.4) is 0 Å². The third-order valence-electron chi connectivity index (χ3n) is 4.82. The topological polar surface area (TPSA) is 70.8 Å². The highest BCUT2D eigenvalue weighted by Gasteiger charge is 2.16. The Morgan fingerprint density at radius 2 is 1.79 bits per heavy atom. The van der Waals surface area contributed by atoms with Crippen molar-refractivity contribution in [1.29, 1.82) is 0 Å². The zero-order chi connectivity index (χ0) is 23.5. The first kappa shape index (κ1) is 24.3. The predicted molar refractivity (Wildman–Crippen MR) is 130 cm³/mol. The van der Waals surface area contributed by atoms with Gasteiger partial charge in [-0.1, -0.05) is 25.1 Å². The second-order valence-electron chi connectivity index (χ2n) is 6.96. The number of furan rings is 1. The predicted octanol–water partition coefficient (Wildman–Crippen LogP) is 6.49. The van der Waals surface area contributed by atoms with Gasteiger partial charge in [-0.15, -0.1) is 0 Å². The fourth-order valence-corrected chi connectivity index (χ4v) is 3.79. The molecular weight excluding hydrogens is 486 g/mol. The molecular formula is C26H26BrNO5. The zero-order valence-electron chi connectivity index (χ0n) is 18.6. The number of halogens is 1. The number of aryl methyl sites for hydroxylation is 1. The van der Waals surface area contributed by atoms with Gasteiger partial charge in [0, 0.05) is 18.0 Å². The van der Waals surface area contributed by atoms with Gasteiger partial charge < -0.3 is 18.6 Å². The second-order valence-corrected chi connectivity index (χ2v) is 7.81. The summed E-state index contributed by atoms with van der Waals surface area (Å²) in [5, 5.41) is 0.922. The second kappa shape index (κ2) is 12.6.